The number of aldehydes is 1. The Morgan fingerprint density at radius 3 is 2.27 bits per heavy atom. The van der Waals surface area contributed by atoms with E-state index in [-0.39, 0.29) is 5.41 Å². The van der Waals surface area contributed by atoms with Crippen molar-refractivity contribution in [2.24, 2.45) is 0 Å². The van der Waals surface area contributed by atoms with Crippen LogP contribution in [0.15, 0.2) is 12.1 Å². The highest BCUT2D eigenvalue weighted by Crippen LogP contribution is 2.30. The largest absolute Gasteiger partial charge is 0.496 e. The fourth-order valence-electron chi connectivity index (χ4n) is 1.79. The Bertz CT molecular complexity index is 373. The first-order valence-electron chi connectivity index (χ1n) is 5.04. The number of carbonyl (C=O) groups excluding carboxylic acids is 1. The second-order valence-electron chi connectivity index (χ2n) is 4.78. The molecule has 0 aliphatic rings. The van der Waals surface area contributed by atoms with Crippen molar-refractivity contribution in [3.63, 3.8) is 0 Å². The minimum Gasteiger partial charge on any atom is -0.496 e. The van der Waals surface area contributed by atoms with Gasteiger partial charge < -0.3 is 4.74 Å². The molecule has 0 saturated heterocycles. The van der Waals surface area contributed by atoms with Gasteiger partial charge in [-0.25, -0.2) is 0 Å². The molecule has 0 amide bonds. The minimum atomic E-state index is 0.0682. The zero-order valence-electron chi connectivity index (χ0n) is 10.0. The zero-order valence-corrected chi connectivity index (χ0v) is 10.0. The maximum atomic E-state index is 10.8. The quantitative estimate of drug-likeness (QED) is 0.695. The van der Waals surface area contributed by atoms with Crippen molar-refractivity contribution in [2.45, 2.75) is 33.1 Å². The molecule has 2 heteroatoms. The number of aryl methyl sites for hydroxylation is 1. The van der Waals surface area contributed by atoms with Crippen LogP contribution in [-0.4, -0.2) is 13.4 Å². The summed E-state index contributed by atoms with van der Waals surface area (Å²) in [4.78, 5) is 10.8. The van der Waals surface area contributed by atoms with Crippen molar-refractivity contribution in [3.05, 3.63) is 28.8 Å². The fourth-order valence-corrected chi connectivity index (χ4v) is 1.79. The third-order valence-corrected chi connectivity index (χ3v) is 2.51. The van der Waals surface area contributed by atoms with Crippen molar-refractivity contribution in [1.82, 2.24) is 0 Å². The van der Waals surface area contributed by atoms with Crippen molar-refractivity contribution < 1.29 is 9.53 Å². The Kier molecular flexibility index (Phi) is 3.18. The van der Waals surface area contributed by atoms with Gasteiger partial charge in [-0.1, -0.05) is 20.8 Å². The van der Waals surface area contributed by atoms with Gasteiger partial charge in [0.2, 0.25) is 0 Å². The lowest BCUT2D eigenvalue weighted by Gasteiger charge is -2.23. The summed E-state index contributed by atoms with van der Waals surface area (Å²) in [6, 6.07) is 3.84. The first kappa shape index (κ1) is 11.8. The molecule has 0 radical (unpaired) electrons. The normalized spacial score (nSPS) is 11.3. The van der Waals surface area contributed by atoms with Crippen LogP contribution in [0.25, 0.3) is 0 Å². The number of rotatable bonds is 2. The topological polar surface area (TPSA) is 26.3 Å². The Morgan fingerprint density at radius 2 is 1.87 bits per heavy atom. The average Bonchev–Trinajstić information content (AvgIpc) is 2.15. The third kappa shape index (κ3) is 2.38. The van der Waals surface area contributed by atoms with Gasteiger partial charge in [0.15, 0.2) is 6.29 Å². The lowest BCUT2D eigenvalue weighted by Crippen LogP contribution is -2.13. The van der Waals surface area contributed by atoms with Crippen LogP contribution in [-0.2, 0) is 5.41 Å². The third-order valence-electron chi connectivity index (χ3n) is 2.51. The highest BCUT2D eigenvalue weighted by Gasteiger charge is 2.18. The van der Waals surface area contributed by atoms with Gasteiger partial charge in [-0.15, -0.1) is 0 Å². The van der Waals surface area contributed by atoms with Gasteiger partial charge in [-0.2, -0.15) is 0 Å². The summed E-state index contributed by atoms with van der Waals surface area (Å²) in [7, 11) is 1.59. The van der Waals surface area contributed by atoms with Gasteiger partial charge in [0.1, 0.15) is 5.75 Å². The lowest BCUT2D eigenvalue weighted by molar-refractivity contribution is 0.112. The number of hydrogen-bond acceptors (Lipinski definition) is 2. The van der Waals surface area contributed by atoms with Gasteiger partial charge in [-0.05, 0) is 35.6 Å². The summed E-state index contributed by atoms with van der Waals surface area (Å²) in [6.07, 6.45) is 0.832. The van der Waals surface area contributed by atoms with E-state index < -0.39 is 0 Å². The highest BCUT2D eigenvalue weighted by atomic mass is 16.5. The highest BCUT2D eigenvalue weighted by molar-refractivity contribution is 5.80. The lowest BCUT2D eigenvalue weighted by atomic mass is 9.83. The standard InChI is InChI=1S/C13H18O2/c1-9-6-10(8-14)12(15-5)7-11(9)13(2,3)4/h6-8H,1-5H3. The molecule has 82 valence electrons. The van der Waals surface area contributed by atoms with E-state index in [0.717, 1.165) is 11.8 Å². The van der Waals surface area contributed by atoms with Gasteiger partial charge in [0.05, 0.1) is 12.7 Å². The maximum Gasteiger partial charge on any atom is 0.153 e. The molecule has 1 aromatic rings. The molecule has 0 aliphatic heterocycles. The van der Waals surface area contributed by atoms with E-state index in [1.54, 1.807) is 7.11 Å². The zero-order chi connectivity index (χ0) is 11.6. The Labute approximate surface area is 91.3 Å². The predicted octanol–water partition coefficient (Wildman–Crippen LogP) is 3.11. The van der Waals surface area contributed by atoms with E-state index in [0.29, 0.717) is 11.3 Å². The van der Waals surface area contributed by atoms with Crippen LogP contribution >= 0.6 is 0 Å². The van der Waals surface area contributed by atoms with E-state index in [1.165, 1.54) is 5.56 Å². The predicted molar refractivity (Wildman–Crippen MR) is 61.8 cm³/mol. The maximum absolute atomic E-state index is 10.8. The fraction of sp³-hybridized carbons (Fsp3) is 0.462. The molecular formula is C13H18O2. The van der Waals surface area contributed by atoms with E-state index >= 15 is 0 Å². The summed E-state index contributed by atoms with van der Waals surface area (Å²) < 4.78 is 5.20. The molecular weight excluding hydrogens is 188 g/mol. The molecule has 0 unspecified atom stereocenters. The van der Waals surface area contributed by atoms with Crippen LogP contribution in [0.5, 0.6) is 5.75 Å². The van der Waals surface area contributed by atoms with E-state index in [4.69, 9.17) is 4.74 Å². The monoisotopic (exact) mass is 206 g/mol. The molecule has 0 N–H and O–H groups in total. The van der Waals surface area contributed by atoms with E-state index in [2.05, 4.69) is 20.8 Å². The molecule has 0 aromatic heterocycles. The summed E-state index contributed by atoms with van der Waals surface area (Å²) in [6.45, 7) is 8.47. The van der Waals surface area contributed by atoms with Crippen LogP contribution in [0.1, 0.15) is 42.3 Å². The molecule has 1 aromatic carbocycles. The van der Waals surface area contributed by atoms with Gasteiger partial charge >= 0.3 is 0 Å². The van der Waals surface area contributed by atoms with Gasteiger partial charge in [0.25, 0.3) is 0 Å². The van der Waals surface area contributed by atoms with Gasteiger partial charge in [0, 0.05) is 0 Å². The average molecular weight is 206 g/mol. The van der Waals surface area contributed by atoms with Crippen LogP contribution in [0.3, 0.4) is 0 Å². The molecule has 0 fully saturated rings. The van der Waals surface area contributed by atoms with Gasteiger partial charge in [-0.3, -0.25) is 4.79 Å². The van der Waals surface area contributed by atoms with Crippen LogP contribution in [0.4, 0.5) is 0 Å². The summed E-state index contributed by atoms with van der Waals surface area (Å²) >= 11 is 0. The molecule has 15 heavy (non-hydrogen) atoms. The minimum absolute atomic E-state index is 0.0682. The number of methoxy groups -OCH3 is 1. The molecule has 0 atom stereocenters. The Hall–Kier alpha value is -1.31. The van der Waals surface area contributed by atoms with Crippen molar-refractivity contribution in [3.8, 4) is 5.75 Å². The number of hydrogen-bond donors (Lipinski definition) is 0. The number of ether oxygens (including phenoxy) is 1. The molecule has 0 bridgehead atoms. The number of benzene rings is 1. The Morgan fingerprint density at radius 1 is 1.27 bits per heavy atom. The second kappa shape index (κ2) is 4.05. The summed E-state index contributed by atoms with van der Waals surface area (Å²) in [5.41, 5.74) is 3.03. The van der Waals surface area contributed by atoms with E-state index in [9.17, 15) is 4.79 Å². The molecule has 0 heterocycles. The molecule has 1 rings (SSSR count). The molecule has 0 aliphatic carbocycles. The van der Waals surface area contributed by atoms with Crippen LogP contribution in [0.2, 0.25) is 0 Å². The van der Waals surface area contributed by atoms with Crippen LogP contribution in [0, 0.1) is 6.92 Å². The van der Waals surface area contributed by atoms with Crippen molar-refractivity contribution in [2.75, 3.05) is 7.11 Å². The Balaban J connectivity index is 3.39. The first-order valence-corrected chi connectivity index (χ1v) is 5.04. The summed E-state index contributed by atoms with van der Waals surface area (Å²) in [5, 5.41) is 0. The molecule has 0 saturated carbocycles. The van der Waals surface area contributed by atoms with Crippen molar-refractivity contribution in [1.29, 1.82) is 0 Å². The number of carbonyl (C=O) groups is 1. The van der Waals surface area contributed by atoms with E-state index in [1.807, 2.05) is 19.1 Å². The molecule has 2 nitrogen and oxygen atoms in total. The van der Waals surface area contributed by atoms with Crippen LogP contribution < -0.4 is 4.74 Å². The van der Waals surface area contributed by atoms with Crippen molar-refractivity contribution >= 4 is 6.29 Å². The second-order valence-corrected chi connectivity index (χ2v) is 4.78. The summed E-state index contributed by atoms with van der Waals surface area (Å²) in [5.74, 6) is 0.653. The smallest absolute Gasteiger partial charge is 0.153 e. The molecule has 0 spiro atoms. The first-order chi connectivity index (χ1) is 6.90. The SMILES string of the molecule is COc1cc(C(C)(C)C)c(C)cc1C=O.